The first-order valence-corrected chi connectivity index (χ1v) is 8.18. The Kier molecular flexibility index (Phi) is 14.7. The molecule has 0 aliphatic heterocycles. The zero-order valence-corrected chi connectivity index (χ0v) is 14.6. The van der Waals surface area contributed by atoms with Crippen LogP contribution in [0.4, 0.5) is 13.2 Å². The van der Waals surface area contributed by atoms with E-state index in [4.69, 9.17) is 15.6 Å². The van der Waals surface area contributed by atoms with Gasteiger partial charge in [0.25, 0.3) is 0 Å². The van der Waals surface area contributed by atoms with Crippen LogP contribution in [0, 0.1) is 0 Å². The van der Waals surface area contributed by atoms with Gasteiger partial charge in [-0.3, -0.25) is 9.59 Å². The van der Waals surface area contributed by atoms with E-state index in [0.717, 1.165) is 38.5 Å². The minimum absolute atomic E-state index is 0.390. The van der Waals surface area contributed by atoms with E-state index in [1.165, 1.54) is 0 Å². The molecule has 0 radical (unpaired) electrons. The summed E-state index contributed by atoms with van der Waals surface area (Å²) in [4.78, 5) is 32.0. The largest absolute Gasteiger partial charge is 0.490 e. The first-order valence-electron chi connectivity index (χ1n) is 8.18. The Balaban J connectivity index is 0. The fraction of sp³-hybridized carbons (Fsp3) is 0.800. The summed E-state index contributed by atoms with van der Waals surface area (Å²) in [5, 5.41) is 12.5. The van der Waals surface area contributed by atoms with E-state index in [1.807, 2.05) is 0 Å². The summed E-state index contributed by atoms with van der Waals surface area (Å²) < 4.78 is 31.7. The van der Waals surface area contributed by atoms with Gasteiger partial charge in [0, 0.05) is 13.1 Å². The lowest BCUT2D eigenvalue weighted by atomic mass is 10.2. The maximum atomic E-state index is 11.5. The minimum Gasteiger partial charge on any atom is -0.475 e. The third-order valence-electron chi connectivity index (χ3n) is 2.97. The summed E-state index contributed by atoms with van der Waals surface area (Å²) in [6, 6.07) is -1.09. The lowest BCUT2D eigenvalue weighted by Gasteiger charge is -2.12. The molecular formula is C15H28F3N3O4. The van der Waals surface area contributed by atoms with Crippen molar-refractivity contribution in [1.82, 2.24) is 10.6 Å². The molecule has 25 heavy (non-hydrogen) atoms. The molecule has 10 heteroatoms. The van der Waals surface area contributed by atoms with E-state index < -0.39 is 18.2 Å². The Morgan fingerprint density at radius 2 is 1.24 bits per heavy atom. The van der Waals surface area contributed by atoms with Gasteiger partial charge in [-0.15, -0.1) is 0 Å². The average molecular weight is 371 g/mol. The number of carboxylic acid groups (broad SMARTS) is 1. The number of carboxylic acids is 1. The average Bonchev–Trinajstić information content (AvgIpc) is 2.54. The Hall–Kier alpha value is -1.84. The monoisotopic (exact) mass is 371 g/mol. The van der Waals surface area contributed by atoms with Crippen LogP contribution in [-0.4, -0.2) is 48.2 Å². The van der Waals surface area contributed by atoms with Crippen LogP contribution in [0.5, 0.6) is 0 Å². The van der Waals surface area contributed by atoms with Crippen LogP contribution < -0.4 is 16.4 Å². The van der Waals surface area contributed by atoms with E-state index in [0.29, 0.717) is 13.1 Å². The van der Waals surface area contributed by atoms with Gasteiger partial charge in [-0.05, 0) is 12.8 Å². The molecule has 0 saturated heterocycles. The van der Waals surface area contributed by atoms with Crippen LogP contribution in [0.2, 0.25) is 0 Å². The van der Waals surface area contributed by atoms with E-state index in [2.05, 4.69) is 24.5 Å². The van der Waals surface area contributed by atoms with E-state index >= 15 is 0 Å². The van der Waals surface area contributed by atoms with Crippen molar-refractivity contribution >= 4 is 17.8 Å². The summed E-state index contributed by atoms with van der Waals surface area (Å²) in [5.74, 6) is -3.54. The highest BCUT2D eigenvalue weighted by atomic mass is 19.4. The molecule has 5 N–H and O–H groups in total. The first-order chi connectivity index (χ1) is 11.6. The molecule has 0 aliphatic carbocycles. The van der Waals surface area contributed by atoms with Crippen molar-refractivity contribution in [3.05, 3.63) is 0 Å². The standard InChI is InChI=1S/C13H27N3O2.C2HF3O2/c1-3-5-7-9-15-12(17)11(14)13(18)16-10-8-6-4-2;3-2(4,5)1(6)7/h11H,3-10,14H2,1-2H3,(H,15,17)(H,16,18);(H,6,7). The highest BCUT2D eigenvalue weighted by Gasteiger charge is 2.38. The molecule has 0 atom stereocenters. The molecule has 7 nitrogen and oxygen atoms in total. The third-order valence-corrected chi connectivity index (χ3v) is 2.97. The zero-order valence-electron chi connectivity index (χ0n) is 14.6. The smallest absolute Gasteiger partial charge is 0.475 e. The molecule has 0 heterocycles. The van der Waals surface area contributed by atoms with Crippen molar-refractivity contribution < 1.29 is 32.7 Å². The number of rotatable bonds is 10. The number of aliphatic carboxylic acids is 1. The van der Waals surface area contributed by atoms with Crippen molar-refractivity contribution in [1.29, 1.82) is 0 Å². The predicted octanol–water partition coefficient (Wildman–Crippen LogP) is 1.56. The SMILES string of the molecule is CCCCCNC(=O)C(N)C(=O)NCCCCC.O=C(O)C(F)(F)F. The quantitative estimate of drug-likeness (QED) is 0.343. The topological polar surface area (TPSA) is 122 Å². The zero-order chi connectivity index (χ0) is 19.9. The van der Waals surface area contributed by atoms with E-state index in [9.17, 15) is 22.8 Å². The molecule has 0 fully saturated rings. The fourth-order valence-corrected chi connectivity index (χ4v) is 1.51. The normalized spacial score (nSPS) is 10.7. The maximum absolute atomic E-state index is 11.5. The summed E-state index contributed by atoms with van der Waals surface area (Å²) in [6.45, 7) is 5.36. The Morgan fingerprint density at radius 1 is 0.920 bits per heavy atom. The van der Waals surface area contributed by atoms with Crippen LogP contribution >= 0.6 is 0 Å². The first kappa shape index (κ1) is 25.4. The summed E-state index contributed by atoms with van der Waals surface area (Å²) in [6.07, 6.45) is 1.09. The van der Waals surface area contributed by atoms with Gasteiger partial charge >= 0.3 is 12.1 Å². The lowest BCUT2D eigenvalue weighted by molar-refractivity contribution is -0.192. The van der Waals surface area contributed by atoms with Gasteiger partial charge in [-0.1, -0.05) is 39.5 Å². The maximum Gasteiger partial charge on any atom is 0.490 e. The number of alkyl halides is 3. The van der Waals surface area contributed by atoms with E-state index in [1.54, 1.807) is 0 Å². The number of unbranched alkanes of at least 4 members (excludes halogenated alkanes) is 4. The number of carbonyl (C=O) groups excluding carboxylic acids is 2. The number of halogens is 3. The molecule has 2 amide bonds. The second-order valence-electron chi connectivity index (χ2n) is 5.28. The number of nitrogens with one attached hydrogen (secondary N) is 2. The van der Waals surface area contributed by atoms with Gasteiger partial charge in [0.15, 0.2) is 6.04 Å². The Bertz CT molecular complexity index is 380. The second kappa shape index (κ2) is 14.5. The summed E-state index contributed by atoms with van der Waals surface area (Å²) in [5.41, 5.74) is 5.57. The fourth-order valence-electron chi connectivity index (χ4n) is 1.51. The minimum atomic E-state index is -5.08. The molecule has 0 saturated carbocycles. The molecule has 0 aromatic rings. The molecular weight excluding hydrogens is 343 g/mol. The molecule has 0 rings (SSSR count). The van der Waals surface area contributed by atoms with Crippen LogP contribution in [0.25, 0.3) is 0 Å². The van der Waals surface area contributed by atoms with Gasteiger partial charge in [0.1, 0.15) is 0 Å². The Labute approximate surface area is 145 Å². The van der Waals surface area contributed by atoms with Gasteiger partial charge in [0.2, 0.25) is 11.8 Å². The molecule has 0 bridgehead atoms. The van der Waals surface area contributed by atoms with Crippen LogP contribution in [0.15, 0.2) is 0 Å². The van der Waals surface area contributed by atoms with Crippen LogP contribution in [0.1, 0.15) is 52.4 Å². The summed E-state index contributed by atoms with van der Waals surface area (Å²) in [7, 11) is 0. The van der Waals surface area contributed by atoms with Crippen molar-refractivity contribution in [2.75, 3.05) is 13.1 Å². The van der Waals surface area contributed by atoms with Crippen molar-refractivity contribution in [3.8, 4) is 0 Å². The highest BCUT2D eigenvalue weighted by Crippen LogP contribution is 2.13. The molecule has 148 valence electrons. The second-order valence-corrected chi connectivity index (χ2v) is 5.28. The third kappa shape index (κ3) is 15.4. The van der Waals surface area contributed by atoms with Gasteiger partial charge < -0.3 is 21.5 Å². The number of amides is 2. The van der Waals surface area contributed by atoms with Crippen molar-refractivity contribution in [2.45, 2.75) is 64.6 Å². The van der Waals surface area contributed by atoms with Gasteiger partial charge in [-0.25, -0.2) is 4.79 Å². The van der Waals surface area contributed by atoms with Crippen molar-refractivity contribution in [3.63, 3.8) is 0 Å². The molecule has 0 aromatic carbocycles. The van der Waals surface area contributed by atoms with Crippen LogP contribution in [0.3, 0.4) is 0 Å². The van der Waals surface area contributed by atoms with E-state index in [-0.39, 0.29) is 11.8 Å². The summed E-state index contributed by atoms with van der Waals surface area (Å²) >= 11 is 0. The highest BCUT2D eigenvalue weighted by molar-refractivity contribution is 6.04. The molecule has 0 spiro atoms. The number of hydrogen-bond acceptors (Lipinski definition) is 4. The Morgan fingerprint density at radius 3 is 1.48 bits per heavy atom. The van der Waals surface area contributed by atoms with Gasteiger partial charge in [0.05, 0.1) is 0 Å². The number of carbonyl (C=O) groups is 3. The molecule has 0 unspecified atom stereocenters. The number of hydrogen-bond donors (Lipinski definition) is 4. The predicted molar refractivity (Wildman–Crippen MR) is 86.7 cm³/mol. The number of nitrogens with two attached hydrogens (primary N) is 1. The van der Waals surface area contributed by atoms with Crippen molar-refractivity contribution in [2.24, 2.45) is 5.73 Å². The molecule has 0 aromatic heterocycles. The van der Waals surface area contributed by atoms with Crippen LogP contribution in [-0.2, 0) is 14.4 Å². The lowest BCUT2D eigenvalue weighted by Crippen LogP contribution is -2.51. The molecule has 0 aliphatic rings. The van der Waals surface area contributed by atoms with Gasteiger partial charge in [-0.2, -0.15) is 13.2 Å².